The van der Waals surface area contributed by atoms with Gasteiger partial charge in [0.2, 0.25) is 0 Å². The number of benzene rings is 1. The van der Waals surface area contributed by atoms with Crippen molar-refractivity contribution >= 4 is 28.6 Å². The molecule has 2 aromatic heterocycles. The number of ether oxygens (including phenoxy) is 2. The highest BCUT2D eigenvalue weighted by atomic mass is 32.1. The molecular weight excluding hydrogens is 330 g/mol. The molecule has 0 radical (unpaired) electrons. The van der Waals surface area contributed by atoms with E-state index in [1.54, 1.807) is 23.8 Å². The van der Waals surface area contributed by atoms with Gasteiger partial charge in [0.1, 0.15) is 10.8 Å². The quantitative estimate of drug-likeness (QED) is 0.626. The van der Waals surface area contributed by atoms with Gasteiger partial charge in [-0.2, -0.15) is 11.3 Å². The van der Waals surface area contributed by atoms with Crippen molar-refractivity contribution in [3.63, 3.8) is 0 Å². The fourth-order valence-corrected chi connectivity index (χ4v) is 3.52. The second kappa shape index (κ2) is 7.39. The standard InChI is InChI=1S/C17H15NO3S2/c1-20-14-4-2-12(3-5-14)6-8-21-17(19)15-11-23-16(18-15)13-7-9-22-10-13/h2-5,7,9-11H,6,8H2,1H3. The molecule has 0 saturated heterocycles. The van der Waals surface area contributed by atoms with E-state index in [0.29, 0.717) is 18.7 Å². The first kappa shape index (κ1) is 15.7. The van der Waals surface area contributed by atoms with Gasteiger partial charge in [-0.15, -0.1) is 11.3 Å². The lowest BCUT2D eigenvalue weighted by Gasteiger charge is -2.04. The molecule has 2 heterocycles. The van der Waals surface area contributed by atoms with E-state index < -0.39 is 0 Å². The van der Waals surface area contributed by atoms with Gasteiger partial charge in [0, 0.05) is 22.7 Å². The van der Waals surface area contributed by atoms with Crippen LogP contribution in [0.2, 0.25) is 0 Å². The number of thiazole rings is 1. The number of thiophene rings is 1. The Labute approximate surface area is 142 Å². The summed E-state index contributed by atoms with van der Waals surface area (Å²) < 4.78 is 10.4. The van der Waals surface area contributed by atoms with Crippen LogP contribution in [0.1, 0.15) is 16.1 Å². The highest BCUT2D eigenvalue weighted by molar-refractivity contribution is 7.14. The Balaban J connectivity index is 1.53. The van der Waals surface area contributed by atoms with Crippen molar-refractivity contribution in [3.05, 3.63) is 57.7 Å². The number of aromatic nitrogens is 1. The fraction of sp³-hybridized carbons (Fsp3) is 0.176. The third kappa shape index (κ3) is 3.97. The van der Waals surface area contributed by atoms with E-state index in [2.05, 4.69) is 4.98 Å². The minimum absolute atomic E-state index is 0.330. The molecule has 4 nitrogen and oxygen atoms in total. The SMILES string of the molecule is COc1ccc(CCOC(=O)c2csc(-c3ccsc3)n2)cc1. The summed E-state index contributed by atoms with van der Waals surface area (Å²) in [4.78, 5) is 16.4. The molecule has 0 N–H and O–H groups in total. The van der Waals surface area contributed by atoms with Crippen LogP contribution in [0.15, 0.2) is 46.5 Å². The Kier molecular flexibility index (Phi) is 5.05. The Morgan fingerprint density at radius 3 is 2.70 bits per heavy atom. The van der Waals surface area contributed by atoms with Gasteiger partial charge in [-0.1, -0.05) is 12.1 Å². The molecule has 0 aliphatic rings. The molecule has 0 aliphatic carbocycles. The second-order valence-corrected chi connectivity index (χ2v) is 6.42. The van der Waals surface area contributed by atoms with Crippen molar-refractivity contribution in [2.45, 2.75) is 6.42 Å². The van der Waals surface area contributed by atoms with Crippen molar-refractivity contribution in [2.75, 3.05) is 13.7 Å². The summed E-state index contributed by atoms with van der Waals surface area (Å²) in [6.07, 6.45) is 0.664. The van der Waals surface area contributed by atoms with Crippen LogP contribution in [0.25, 0.3) is 10.6 Å². The van der Waals surface area contributed by atoms with Gasteiger partial charge < -0.3 is 9.47 Å². The summed E-state index contributed by atoms with van der Waals surface area (Å²) in [7, 11) is 1.63. The van der Waals surface area contributed by atoms with Crippen LogP contribution in [0, 0.1) is 0 Å². The molecule has 23 heavy (non-hydrogen) atoms. The number of nitrogens with zero attached hydrogens (tertiary/aromatic N) is 1. The molecule has 0 unspecified atom stereocenters. The monoisotopic (exact) mass is 345 g/mol. The number of hydrogen-bond acceptors (Lipinski definition) is 6. The summed E-state index contributed by atoms with van der Waals surface area (Å²) >= 11 is 3.06. The zero-order valence-corrected chi connectivity index (χ0v) is 14.2. The molecule has 0 spiro atoms. The van der Waals surface area contributed by atoms with Crippen LogP contribution >= 0.6 is 22.7 Å². The summed E-state index contributed by atoms with van der Waals surface area (Å²) in [5.74, 6) is 0.436. The van der Waals surface area contributed by atoms with Crippen molar-refractivity contribution in [1.29, 1.82) is 0 Å². The largest absolute Gasteiger partial charge is 0.497 e. The molecule has 118 valence electrons. The summed E-state index contributed by atoms with van der Waals surface area (Å²) in [5.41, 5.74) is 2.50. The highest BCUT2D eigenvalue weighted by Gasteiger charge is 2.13. The third-order valence-corrected chi connectivity index (χ3v) is 4.84. The summed E-state index contributed by atoms with van der Waals surface area (Å²) in [5, 5.41) is 6.58. The molecule has 3 rings (SSSR count). The number of methoxy groups -OCH3 is 1. The zero-order valence-electron chi connectivity index (χ0n) is 12.5. The average Bonchev–Trinajstić information content (AvgIpc) is 3.26. The molecule has 0 fully saturated rings. The Bertz CT molecular complexity index is 764. The van der Waals surface area contributed by atoms with Gasteiger partial charge in [0.05, 0.1) is 13.7 Å². The van der Waals surface area contributed by atoms with Gasteiger partial charge in [-0.25, -0.2) is 9.78 Å². The fourth-order valence-electron chi connectivity index (χ4n) is 2.01. The van der Waals surface area contributed by atoms with Gasteiger partial charge in [-0.3, -0.25) is 0 Å². The minimum atomic E-state index is -0.378. The number of rotatable bonds is 6. The molecule has 0 bridgehead atoms. The first-order valence-corrected chi connectivity index (χ1v) is 8.86. The normalized spacial score (nSPS) is 10.5. The molecule has 1 aromatic carbocycles. The maximum atomic E-state index is 12.0. The van der Waals surface area contributed by atoms with E-state index >= 15 is 0 Å². The summed E-state index contributed by atoms with van der Waals surface area (Å²) in [6.45, 7) is 0.330. The van der Waals surface area contributed by atoms with Crippen molar-refractivity contribution in [3.8, 4) is 16.3 Å². The first-order chi connectivity index (χ1) is 11.3. The van der Waals surface area contributed by atoms with E-state index in [4.69, 9.17) is 9.47 Å². The predicted molar refractivity (Wildman–Crippen MR) is 92.4 cm³/mol. The number of hydrogen-bond donors (Lipinski definition) is 0. The zero-order chi connectivity index (χ0) is 16.1. The topological polar surface area (TPSA) is 48.4 Å². The molecule has 3 aromatic rings. The smallest absolute Gasteiger partial charge is 0.357 e. The molecule has 0 amide bonds. The van der Waals surface area contributed by atoms with E-state index in [0.717, 1.165) is 21.9 Å². The Morgan fingerprint density at radius 1 is 1.17 bits per heavy atom. The van der Waals surface area contributed by atoms with E-state index in [-0.39, 0.29) is 5.97 Å². The number of carbonyl (C=O) groups excluding carboxylic acids is 1. The molecule has 0 atom stereocenters. The molecular formula is C17H15NO3S2. The predicted octanol–water partition coefficient (Wildman–Crippen LogP) is 4.28. The molecule has 6 heteroatoms. The van der Waals surface area contributed by atoms with Crippen LogP contribution < -0.4 is 4.74 Å². The van der Waals surface area contributed by atoms with Crippen molar-refractivity contribution < 1.29 is 14.3 Å². The molecule has 0 saturated carbocycles. The van der Waals surface area contributed by atoms with Gasteiger partial charge in [0.25, 0.3) is 0 Å². The van der Waals surface area contributed by atoms with Crippen molar-refractivity contribution in [2.24, 2.45) is 0 Å². The summed E-state index contributed by atoms with van der Waals surface area (Å²) in [6, 6.07) is 9.70. The minimum Gasteiger partial charge on any atom is -0.497 e. The van der Waals surface area contributed by atoms with E-state index in [9.17, 15) is 4.79 Å². The maximum absolute atomic E-state index is 12.0. The Hall–Kier alpha value is -2.18. The number of carbonyl (C=O) groups is 1. The van der Waals surface area contributed by atoms with Crippen LogP contribution in [-0.4, -0.2) is 24.7 Å². The first-order valence-electron chi connectivity index (χ1n) is 7.04. The van der Waals surface area contributed by atoms with Gasteiger partial charge in [-0.05, 0) is 29.1 Å². The van der Waals surface area contributed by atoms with Crippen molar-refractivity contribution in [1.82, 2.24) is 4.98 Å². The van der Waals surface area contributed by atoms with E-state index in [1.165, 1.54) is 11.3 Å². The highest BCUT2D eigenvalue weighted by Crippen LogP contribution is 2.25. The lowest BCUT2D eigenvalue weighted by molar-refractivity contribution is 0.0503. The van der Waals surface area contributed by atoms with Gasteiger partial charge >= 0.3 is 5.97 Å². The lowest BCUT2D eigenvalue weighted by atomic mass is 10.1. The average molecular weight is 345 g/mol. The molecule has 0 aliphatic heterocycles. The third-order valence-electron chi connectivity index (χ3n) is 3.26. The number of esters is 1. The van der Waals surface area contributed by atoms with Gasteiger partial charge in [0.15, 0.2) is 5.69 Å². The van der Waals surface area contributed by atoms with Crippen LogP contribution in [0.4, 0.5) is 0 Å². The van der Waals surface area contributed by atoms with Crippen LogP contribution in [0.3, 0.4) is 0 Å². The Morgan fingerprint density at radius 2 is 2.00 bits per heavy atom. The maximum Gasteiger partial charge on any atom is 0.357 e. The second-order valence-electron chi connectivity index (χ2n) is 4.78. The van der Waals surface area contributed by atoms with Crippen LogP contribution in [0.5, 0.6) is 5.75 Å². The van der Waals surface area contributed by atoms with E-state index in [1.807, 2.05) is 41.1 Å². The lowest BCUT2D eigenvalue weighted by Crippen LogP contribution is -2.08. The van der Waals surface area contributed by atoms with Crippen LogP contribution in [-0.2, 0) is 11.2 Å².